The van der Waals surface area contributed by atoms with Gasteiger partial charge in [0.15, 0.2) is 0 Å². The van der Waals surface area contributed by atoms with Crippen molar-refractivity contribution in [2.45, 2.75) is 65.8 Å². The maximum Gasteiger partial charge on any atom is 0.00407 e. The molecule has 0 atom stereocenters. The van der Waals surface area contributed by atoms with Crippen LogP contribution in [0.15, 0.2) is 0 Å². The summed E-state index contributed by atoms with van der Waals surface area (Å²) in [5, 5.41) is 0. The van der Waals surface area contributed by atoms with Crippen LogP contribution in [0, 0.1) is 5.41 Å². The number of hydrogen-bond acceptors (Lipinski definition) is 1. The SMILES string of the molecule is CC.CC(C)N1CCCC2(CCC2)C1. The molecule has 1 spiro atoms. The molecular weight excluding hydrogens is 170 g/mol. The Labute approximate surface area is 89.9 Å². The first kappa shape index (κ1) is 12.0. The van der Waals surface area contributed by atoms with Gasteiger partial charge in [-0.1, -0.05) is 20.3 Å². The van der Waals surface area contributed by atoms with Gasteiger partial charge in [0.05, 0.1) is 0 Å². The maximum atomic E-state index is 2.67. The zero-order chi connectivity index (χ0) is 10.6. The topological polar surface area (TPSA) is 3.24 Å². The lowest BCUT2D eigenvalue weighted by atomic mass is 9.64. The van der Waals surface area contributed by atoms with Crippen molar-refractivity contribution in [2.24, 2.45) is 5.41 Å². The van der Waals surface area contributed by atoms with E-state index in [9.17, 15) is 0 Å². The van der Waals surface area contributed by atoms with Crippen LogP contribution in [0.3, 0.4) is 0 Å². The average molecular weight is 197 g/mol. The fourth-order valence-corrected chi connectivity index (χ4v) is 2.77. The molecule has 2 aliphatic rings. The summed E-state index contributed by atoms with van der Waals surface area (Å²) in [6, 6.07) is 0.766. The molecular formula is C13H27N. The van der Waals surface area contributed by atoms with E-state index in [1.807, 2.05) is 13.8 Å². The normalized spacial score (nSPS) is 25.5. The average Bonchev–Trinajstić information content (AvgIpc) is 2.19. The minimum absolute atomic E-state index is 0.766. The molecule has 84 valence electrons. The van der Waals surface area contributed by atoms with E-state index in [0.29, 0.717) is 0 Å². The van der Waals surface area contributed by atoms with Crippen LogP contribution in [0.5, 0.6) is 0 Å². The molecule has 0 unspecified atom stereocenters. The fourth-order valence-electron chi connectivity index (χ4n) is 2.77. The van der Waals surface area contributed by atoms with Crippen molar-refractivity contribution in [2.75, 3.05) is 13.1 Å². The molecule has 0 N–H and O–H groups in total. The van der Waals surface area contributed by atoms with Gasteiger partial charge in [0.25, 0.3) is 0 Å². The van der Waals surface area contributed by atoms with Crippen molar-refractivity contribution >= 4 is 0 Å². The van der Waals surface area contributed by atoms with Gasteiger partial charge in [-0.2, -0.15) is 0 Å². The van der Waals surface area contributed by atoms with E-state index in [2.05, 4.69) is 18.7 Å². The minimum Gasteiger partial charge on any atom is -0.300 e. The van der Waals surface area contributed by atoms with Gasteiger partial charge in [0.1, 0.15) is 0 Å². The van der Waals surface area contributed by atoms with Crippen LogP contribution in [0.2, 0.25) is 0 Å². The highest BCUT2D eigenvalue weighted by Crippen LogP contribution is 2.47. The van der Waals surface area contributed by atoms with Crippen LogP contribution in [0.25, 0.3) is 0 Å². The van der Waals surface area contributed by atoms with Crippen molar-refractivity contribution in [3.05, 3.63) is 0 Å². The summed E-state index contributed by atoms with van der Waals surface area (Å²) in [7, 11) is 0. The molecule has 0 bridgehead atoms. The second-order valence-electron chi connectivity index (χ2n) is 5.02. The first-order valence-electron chi connectivity index (χ1n) is 6.46. The largest absolute Gasteiger partial charge is 0.300 e. The third-order valence-electron chi connectivity index (χ3n) is 3.84. The van der Waals surface area contributed by atoms with Gasteiger partial charge in [0, 0.05) is 12.6 Å². The predicted molar refractivity (Wildman–Crippen MR) is 63.6 cm³/mol. The Hall–Kier alpha value is -0.0400. The van der Waals surface area contributed by atoms with Gasteiger partial charge in [0.2, 0.25) is 0 Å². The van der Waals surface area contributed by atoms with E-state index >= 15 is 0 Å². The Morgan fingerprint density at radius 1 is 1.00 bits per heavy atom. The molecule has 1 heterocycles. The summed E-state index contributed by atoms with van der Waals surface area (Å²) in [6.07, 6.45) is 7.47. The van der Waals surface area contributed by atoms with Gasteiger partial charge in [-0.3, -0.25) is 0 Å². The predicted octanol–water partition coefficient (Wildman–Crippen LogP) is 3.69. The number of piperidine rings is 1. The Bertz CT molecular complexity index is 159. The standard InChI is InChI=1S/C11H21N.C2H6/c1-10(2)12-8-4-7-11(9-12)5-3-6-11;1-2/h10H,3-9H2,1-2H3;1-2H3. The summed E-state index contributed by atoms with van der Waals surface area (Å²) in [4.78, 5) is 2.67. The quantitative estimate of drug-likeness (QED) is 0.620. The lowest BCUT2D eigenvalue weighted by molar-refractivity contribution is 0.00642. The lowest BCUT2D eigenvalue weighted by Crippen LogP contribution is -2.49. The lowest BCUT2D eigenvalue weighted by Gasteiger charge is -2.50. The summed E-state index contributed by atoms with van der Waals surface area (Å²) in [5.74, 6) is 0. The third-order valence-corrected chi connectivity index (χ3v) is 3.84. The van der Waals surface area contributed by atoms with Crippen molar-refractivity contribution < 1.29 is 0 Å². The van der Waals surface area contributed by atoms with Crippen LogP contribution in [0.1, 0.15) is 59.8 Å². The van der Waals surface area contributed by atoms with Crippen LogP contribution >= 0.6 is 0 Å². The highest BCUT2D eigenvalue weighted by atomic mass is 15.2. The fraction of sp³-hybridized carbons (Fsp3) is 1.00. The van der Waals surface area contributed by atoms with Gasteiger partial charge >= 0.3 is 0 Å². The summed E-state index contributed by atoms with van der Waals surface area (Å²) >= 11 is 0. The molecule has 1 aliphatic carbocycles. The molecule has 14 heavy (non-hydrogen) atoms. The zero-order valence-electron chi connectivity index (χ0n) is 10.5. The first-order chi connectivity index (χ1) is 6.72. The maximum absolute atomic E-state index is 2.67. The molecule has 1 saturated heterocycles. The Morgan fingerprint density at radius 2 is 1.57 bits per heavy atom. The van der Waals surface area contributed by atoms with Crippen LogP contribution in [0.4, 0.5) is 0 Å². The number of nitrogens with zero attached hydrogens (tertiary/aromatic N) is 1. The van der Waals surface area contributed by atoms with Gasteiger partial charge < -0.3 is 4.90 Å². The van der Waals surface area contributed by atoms with E-state index in [0.717, 1.165) is 11.5 Å². The van der Waals surface area contributed by atoms with Crippen LogP contribution in [-0.4, -0.2) is 24.0 Å². The van der Waals surface area contributed by atoms with Gasteiger partial charge in [-0.05, 0) is 51.5 Å². The molecule has 0 amide bonds. The molecule has 0 aromatic heterocycles. The monoisotopic (exact) mass is 197 g/mol. The highest BCUT2D eigenvalue weighted by Gasteiger charge is 2.40. The van der Waals surface area contributed by atoms with Crippen molar-refractivity contribution in [3.63, 3.8) is 0 Å². The Balaban J connectivity index is 0.000000461. The highest BCUT2D eigenvalue weighted by molar-refractivity contribution is 4.93. The molecule has 2 rings (SSSR count). The van der Waals surface area contributed by atoms with Crippen molar-refractivity contribution in [3.8, 4) is 0 Å². The van der Waals surface area contributed by atoms with Crippen molar-refractivity contribution in [1.29, 1.82) is 0 Å². The molecule has 0 radical (unpaired) electrons. The molecule has 1 aliphatic heterocycles. The van der Waals surface area contributed by atoms with E-state index in [1.165, 1.54) is 45.2 Å². The smallest absolute Gasteiger partial charge is 0.00407 e. The molecule has 1 heteroatoms. The van der Waals surface area contributed by atoms with Gasteiger partial charge in [-0.25, -0.2) is 0 Å². The number of hydrogen-bond donors (Lipinski definition) is 0. The van der Waals surface area contributed by atoms with E-state index < -0.39 is 0 Å². The number of likely N-dealkylation sites (tertiary alicyclic amines) is 1. The summed E-state index contributed by atoms with van der Waals surface area (Å²) < 4.78 is 0. The molecule has 2 fully saturated rings. The summed E-state index contributed by atoms with van der Waals surface area (Å²) in [5.41, 5.74) is 0.780. The van der Waals surface area contributed by atoms with Gasteiger partial charge in [-0.15, -0.1) is 0 Å². The van der Waals surface area contributed by atoms with Crippen LogP contribution in [-0.2, 0) is 0 Å². The first-order valence-corrected chi connectivity index (χ1v) is 6.46. The van der Waals surface area contributed by atoms with E-state index in [4.69, 9.17) is 0 Å². The van der Waals surface area contributed by atoms with E-state index in [1.54, 1.807) is 0 Å². The number of rotatable bonds is 1. The second-order valence-corrected chi connectivity index (χ2v) is 5.02. The van der Waals surface area contributed by atoms with Crippen molar-refractivity contribution in [1.82, 2.24) is 4.90 Å². The Kier molecular flexibility index (Phi) is 4.43. The summed E-state index contributed by atoms with van der Waals surface area (Å²) in [6.45, 7) is 11.4. The second kappa shape index (κ2) is 5.16. The molecule has 1 saturated carbocycles. The Morgan fingerprint density at radius 3 is 2.00 bits per heavy atom. The molecule has 0 aromatic carbocycles. The van der Waals surface area contributed by atoms with E-state index in [-0.39, 0.29) is 0 Å². The van der Waals surface area contributed by atoms with Crippen LogP contribution < -0.4 is 0 Å². The molecule has 0 aromatic rings. The minimum atomic E-state index is 0.766. The zero-order valence-corrected chi connectivity index (χ0v) is 10.5. The molecule has 1 nitrogen and oxygen atoms in total. The third kappa shape index (κ3) is 2.50.